The van der Waals surface area contributed by atoms with E-state index in [2.05, 4.69) is 15.3 Å². The lowest BCUT2D eigenvalue weighted by molar-refractivity contribution is 0.0525. The molecule has 1 aliphatic carbocycles. The molecule has 1 aromatic rings. The Hall–Kier alpha value is -2.08. The van der Waals surface area contributed by atoms with Crippen molar-refractivity contribution in [1.29, 1.82) is 0 Å². The molecule has 3 N–H and O–H groups in total. The molecule has 0 aliphatic heterocycles. The van der Waals surface area contributed by atoms with Crippen LogP contribution in [0, 0.1) is 5.92 Å². The highest BCUT2D eigenvalue weighted by Gasteiger charge is 2.27. The summed E-state index contributed by atoms with van der Waals surface area (Å²) in [6.45, 7) is 6.21. The number of ether oxygens (including phenoxy) is 1. The Labute approximate surface area is 166 Å². The van der Waals surface area contributed by atoms with Crippen LogP contribution in [0.4, 0.5) is 4.79 Å². The highest BCUT2D eigenvalue weighted by atomic mass is 35.5. The minimum Gasteiger partial charge on any atom is -0.444 e. The van der Waals surface area contributed by atoms with E-state index >= 15 is 0 Å². The molecule has 1 aliphatic rings. The van der Waals surface area contributed by atoms with Crippen LogP contribution in [0.1, 0.15) is 52.1 Å². The first-order valence-corrected chi connectivity index (χ1v) is 9.68. The molecule has 0 radical (unpaired) electrons. The van der Waals surface area contributed by atoms with Gasteiger partial charge in [0.1, 0.15) is 5.60 Å². The Morgan fingerprint density at radius 2 is 2.22 bits per heavy atom. The number of allylic oxidation sites excluding steroid dienone is 1. The predicted octanol–water partition coefficient (Wildman–Crippen LogP) is 4.19. The van der Waals surface area contributed by atoms with Crippen molar-refractivity contribution >= 4 is 29.5 Å². The second-order valence-corrected chi connectivity index (χ2v) is 8.26. The number of halogens is 1. The summed E-state index contributed by atoms with van der Waals surface area (Å²) in [7, 11) is 0. The Morgan fingerprint density at radius 3 is 2.85 bits per heavy atom. The third-order valence-corrected chi connectivity index (χ3v) is 4.53. The number of pyridine rings is 1. The molecule has 1 aromatic heterocycles. The van der Waals surface area contributed by atoms with Gasteiger partial charge < -0.3 is 15.8 Å². The first kappa shape index (κ1) is 21.2. The number of carbonyl (C=O) groups is 1. The second kappa shape index (κ2) is 9.74. The van der Waals surface area contributed by atoms with E-state index in [4.69, 9.17) is 22.1 Å². The van der Waals surface area contributed by atoms with Gasteiger partial charge in [-0.1, -0.05) is 11.6 Å². The number of nitrogens with two attached hydrogens (primary N) is 1. The first-order valence-electron chi connectivity index (χ1n) is 9.30. The van der Waals surface area contributed by atoms with Crippen LogP contribution in [-0.2, 0) is 4.74 Å². The maximum absolute atomic E-state index is 11.6. The molecule has 0 spiro atoms. The van der Waals surface area contributed by atoms with E-state index in [9.17, 15) is 4.79 Å². The molecule has 7 heteroatoms. The molecule has 1 heterocycles. The summed E-state index contributed by atoms with van der Waals surface area (Å²) in [6.07, 6.45) is 8.73. The van der Waals surface area contributed by atoms with Gasteiger partial charge in [-0.3, -0.25) is 9.98 Å². The quantitative estimate of drug-likeness (QED) is 0.537. The van der Waals surface area contributed by atoms with Gasteiger partial charge in [0.15, 0.2) is 0 Å². The lowest BCUT2D eigenvalue weighted by Gasteiger charge is -2.32. The smallest absolute Gasteiger partial charge is 0.407 e. The molecule has 6 nitrogen and oxygen atoms in total. The molecular weight excluding hydrogens is 364 g/mol. The van der Waals surface area contributed by atoms with Gasteiger partial charge in [-0.15, -0.1) is 0 Å². The third-order valence-electron chi connectivity index (χ3n) is 4.29. The molecule has 0 unspecified atom stereocenters. The van der Waals surface area contributed by atoms with Gasteiger partial charge in [0.05, 0.1) is 11.7 Å². The van der Waals surface area contributed by atoms with Gasteiger partial charge in [-0.25, -0.2) is 4.79 Å². The lowest BCUT2D eigenvalue weighted by atomic mass is 9.78. The van der Waals surface area contributed by atoms with Gasteiger partial charge in [-0.05, 0) is 64.5 Å². The lowest BCUT2D eigenvalue weighted by Crippen LogP contribution is -2.33. The standard InChI is InChI=1S/C20H29ClN4O2/c1-20(2,3)27-19(26)24-7-4-5-14-9-17(10-14)25-13-15(12-22)18-11-16(21)6-8-23-18/h6,8,11-14,17H,4-5,7,9-10,22H2,1-3H3,(H,24,26)/b15-12+,25-13?. The molecule has 0 aromatic carbocycles. The summed E-state index contributed by atoms with van der Waals surface area (Å²) in [5.41, 5.74) is 6.72. The molecule has 0 saturated heterocycles. The summed E-state index contributed by atoms with van der Waals surface area (Å²) in [4.78, 5) is 20.4. The van der Waals surface area contributed by atoms with Crippen LogP contribution in [0.5, 0.6) is 0 Å². The maximum Gasteiger partial charge on any atom is 0.407 e. The number of alkyl carbamates (subject to hydrolysis) is 1. The molecule has 2 rings (SSSR count). The summed E-state index contributed by atoms with van der Waals surface area (Å²) in [5.74, 6) is 0.655. The number of amides is 1. The molecule has 0 atom stereocenters. The summed E-state index contributed by atoms with van der Waals surface area (Å²) in [5, 5.41) is 3.42. The predicted molar refractivity (Wildman–Crippen MR) is 110 cm³/mol. The third kappa shape index (κ3) is 7.59. The van der Waals surface area contributed by atoms with Crippen LogP contribution in [0.3, 0.4) is 0 Å². The highest BCUT2D eigenvalue weighted by molar-refractivity contribution is 6.30. The van der Waals surface area contributed by atoms with Crippen molar-refractivity contribution in [1.82, 2.24) is 10.3 Å². The van der Waals surface area contributed by atoms with Crippen molar-refractivity contribution < 1.29 is 9.53 Å². The fourth-order valence-electron chi connectivity index (χ4n) is 2.90. The fourth-order valence-corrected chi connectivity index (χ4v) is 3.06. The maximum atomic E-state index is 11.6. The average molecular weight is 393 g/mol. The summed E-state index contributed by atoms with van der Waals surface area (Å²) in [6, 6.07) is 3.82. The van der Waals surface area contributed by atoms with Crippen molar-refractivity contribution in [3.8, 4) is 0 Å². The molecule has 1 fully saturated rings. The van der Waals surface area contributed by atoms with Gasteiger partial charge in [-0.2, -0.15) is 0 Å². The van der Waals surface area contributed by atoms with Crippen LogP contribution in [0.25, 0.3) is 5.57 Å². The van der Waals surface area contributed by atoms with E-state index in [0.717, 1.165) is 37.0 Å². The minimum absolute atomic E-state index is 0.322. The van der Waals surface area contributed by atoms with Crippen LogP contribution in [0.15, 0.2) is 29.5 Å². The van der Waals surface area contributed by atoms with Gasteiger partial charge in [0.25, 0.3) is 0 Å². The molecule has 1 saturated carbocycles. The molecule has 1 amide bonds. The SMILES string of the molecule is CC(C)(C)OC(=O)NCCCC1CC(N=C/C(=C\N)c2cc(Cl)ccn2)C1. The van der Waals surface area contributed by atoms with Gasteiger partial charge in [0, 0.05) is 35.8 Å². The van der Waals surface area contributed by atoms with Crippen molar-refractivity contribution in [2.75, 3.05) is 6.54 Å². The van der Waals surface area contributed by atoms with E-state index in [1.54, 1.807) is 24.5 Å². The van der Waals surface area contributed by atoms with E-state index in [1.807, 2.05) is 20.8 Å². The first-order chi connectivity index (χ1) is 12.8. The number of nitrogens with one attached hydrogen (secondary N) is 1. The Morgan fingerprint density at radius 1 is 1.48 bits per heavy atom. The monoisotopic (exact) mass is 392 g/mol. The number of aliphatic imine (C=N–C) groups is 1. The number of rotatable bonds is 7. The van der Waals surface area contributed by atoms with E-state index in [0.29, 0.717) is 23.5 Å². The van der Waals surface area contributed by atoms with Crippen LogP contribution < -0.4 is 11.1 Å². The zero-order valence-corrected chi connectivity index (χ0v) is 17.0. The van der Waals surface area contributed by atoms with E-state index < -0.39 is 5.60 Å². The number of carbonyl (C=O) groups excluding carboxylic acids is 1. The van der Waals surface area contributed by atoms with Crippen molar-refractivity contribution in [2.45, 2.75) is 58.1 Å². The van der Waals surface area contributed by atoms with Crippen molar-refractivity contribution in [3.05, 3.63) is 35.2 Å². The number of nitrogens with zero attached hydrogens (tertiary/aromatic N) is 2. The Balaban J connectivity index is 1.65. The largest absolute Gasteiger partial charge is 0.444 e. The zero-order valence-electron chi connectivity index (χ0n) is 16.2. The molecular formula is C20H29ClN4O2. The van der Waals surface area contributed by atoms with E-state index in [-0.39, 0.29) is 6.09 Å². The summed E-state index contributed by atoms with van der Waals surface area (Å²) >= 11 is 5.99. The summed E-state index contributed by atoms with van der Waals surface area (Å²) < 4.78 is 5.21. The molecule has 148 valence electrons. The number of hydrogen-bond donors (Lipinski definition) is 2. The molecule has 27 heavy (non-hydrogen) atoms. The van der Waals surface area contributed by atoms with Crippen LogP contribution in [-0.4, -0.2) is 35.5 Å². The Bertz CT molecular complexity index is 691. The van der Waals surface area contributed by atoms with Crippen molar-refractivity contribution in [2.24, 2.45) is 16.6 Å². The zero-order chi connectivity index (χ0) is 19.9. The highest BCUT2D eigenvalue weighted by Crippen LogP contribution is 2.33. The normalized spacial score (nSPS) is 20.4. The molecule has 0 bridgehead atoms. The average Bonchev–Trinajstić information content (AvgIpc) is 2.53. The number of aromatic nitrogens is 1. The van der Waals surface area contributed by atoms with Crippen molar-refractivity contribution in [3.63, 3.8) is 0 Å². The topological polar surface area (TPSA) is 89.6 Å². The minimum atomic E-state index is -0.458. The van der Waals surface area contributed by atoms with Gasteiger partial charge in [0.2, 0.25) is 0 Å². The van der Waals surface area contributed by atoms with E-state index in [1.165, 1.54) is 6.20 Å². The van der Waals surface area contributed by atoms with Gasteiger partial charge >= 0.3 is 6.09 Å². The van der Waals surface area contributed by atoms with Crippen LogP contribution in [0.2, 0.25) is 5.02 Å². The fraction of sp³-hybridized carbons (Fsp3) is 0.550. The number of hydrogen-bond acceptors (Lipinski definition) is 5. The second-order valence-electron chi connectivity index (χ2n) is 7.82. The van der Waals surface area contributed by atoms with Crippen LogP contribution >= 0.6 is 11.6 Å². The Kier molecular flexibility index (Phi) is 7.66.